The first-order valence-corrected chi connectivity index (χ1v) is 7.61. The summed E-state index contributed by atoms with van der Waals surface area (Å²) in [6, 6.07) is 9.39. The standard InChI is InChI=1S/C14H19NS2/c1-10(8-13-6-4-11(2)16-13)15-9-14-7-5-12(3)17-14/h4-7,10,15H,8-9H2,1-3H3. The topological polar surface area (TPSA) is 12.0 Å². The second kappa shape index (κ2) is 5.80. The minimum absolute atomic E-state index is 0.537. The van der Waals surface area contributed by atoms with E-state index < -0.39 is 0 Å². The Bertz CT molecular complexity index is 470. The third-order valence-electron chi connectivity index (χ3n) is 2.72. The van der Waals surface area contributed by atoms with Crippen molar-refractivity contribution in [2.24, 2.45) is 0 Å². The van der Waals surface area contributed by atoms with Crippen LogP contribution < -0.4 is 5.32 Å². The highest BCUT2D eigenvalue weighted by Gasteiger charge is 2.05. The van der Waals surface area contributed by atoms with Crippen molar-refractivity contribution in [1.82, 2.24) is 5.32 Å². The molecule has 1 unspecified atom stereocenters. The molecule has 92 valence electrons. The van der Waals surface area contributed by atoms with E-state index in [0.29, 0.717) is 6.04 Å². The molecule has 0 saturated carbocycles. The van der Waals surface area contributed by atoms with Gasteiger partial charge < -0.3 is 5.32 Å². The average molecular weight is 265 g/mol. The lowest BCUT2D eigenvalue weighted by atomic mass is 10.2. The lowest BCUT2D eigenvalue weighted by Gasteiger charge is -2.11. The van der Waals surface area contributed by atoms with Gasteiger partial charge in [0.15, 0.2) is 0 Å². The van der Waals surface area contributed by atoms with Crippen molar-refractivity contribution in [3.8, 4) is 0 Å². The zero-order valence-corrected chi connectivity index (χ0v) is 12.3. The Balaban J connectivity index is 1.79. The number of hydrogen-bond donors (Lipinski definition) is 1. The minimum Gasteiger partial charge on any atom is -0.309 e. The first kappa shape index (κ1) is 12.8. The van der Waals surface area contributed by atoms with Crippen LogP contribution >= 0.6 is 22.7 Å². The monoisotopic (exact) mass is 265 g/mol. The maximum atomic E-state index is 3.59. The molecule has 1 atom stereocenters. The van der Waals surface area contributed by atoms with Gasteiger partial charge in [-0.05, 0) is 51.5 Å². The molecule has 0 bridgehead atoms. The first-order chi connectivity index (χ1) is 8.13. The van der Waals surface area contributed by atoms with Crippen LogP contribution in [0.25, 0.3) is 0 Å². The summed E-state index contributed by atoms with van der Waals surface area (Å²) in [5, 5.41) is 3.59. The number of hydrogen-bond acceptors (Lipinski definition) is 3. The molecular formula is C14H19NS2. The number of aryl methyl sites for hydroxylation is 2. The molecule has 0 aliphatic heterocycles. The van der Waals surface area contributed by atoms with Crippen molar-refractivity contribution >= 4 is 22.7 Å². The molecule has 0 aromatic carbocycles. The van der Waals surface area contributed by atoms with E-state index in [1.165, 1.54) is 19.5 Å². The lowest BCUT2D eigenvalue weighted by Crippen LogP contribution is -2.26. The van der Waals surface area contributed by atoms with Gasteiger partial charge in [0.05, 0.1) is 0 Å². The molecule has 0 spiro atoms. The van der Waals surface area contributed by atoms with Crippen LogP contribution in [-0.2, 0) is 13.0 Å². The Hall–Kier alpha value is -0.640. The fourth-order valence-corrected chi connectivity index (χ4v) is 3.68. The molecule has 0 saturated heterocycles. The molecular weight excluding hydrogens is 246 g/mol. The van der Waals surface area contributed by atoms with Crippen LogP contribution in [0.3, 0.4) is 0 Å². The van der Waals surface area contributed by atoms with Crippen LogP contribution in [-0.4, -0.2) is 6.04 Å². The zero-order valence-electron chi connectivity index (χ0n) is 10.6. The van der Waals surface area contributed by atoms with Gasteiger partial charge in [-0.3, -0.25) is 0 Å². The fraction of sp³-hybridized carbons (Fsp3) is 0.429. The Labute approximate surface area is 112 Å². The van der Waals surface area contributed by atoms with Gasteiger partial charge in [0.1, 0.15) is 0 Å². The second-order valence-electron chi connectivity index (χ2n) is 4.51. The van der Waals surface area contributed by atoms with E-state index in [1.54, 1.807) is 0 Å². The smallest absolute Gasteiger partial charge is 0.0302 e. The summed E-state index contributed by atoms with van der Waals surface area (Å²) in [6.45, 7) is 7.58. The molecule has 0 amide bonds. The fourth-order valence-electron chi connectivity index (χ4n) is 1.82. The summed E-state index contributed by atoms with van der Waals surface area (Å²) in [4.78, 5) is 5.70. The maximum Gasteiger partial charge on any atom is 0.0302 e. The normalized spacial score (nSPS) is 12.9. The van der Waals surface area contributed by atoms with Crippen molar-refractivity contribution in [1.29, 1.82) is 0 Å². The summed E-state index contributed by atoms with van der Waals surface area (Å²) in [7, 11) is 0. The van der Waals surface area contributed by atoms with Crippen LogP contribution in [0.2, 0.25) is 0 Å². The van der Waals surface area contributed by atoms with Crippen LogP contribution in [0.15, 0.2) is 24.3 Å². The molecule has 0 aliphatic rings. The highest BCUT2D eigenvalue weighted by atomic mass is 32.1. The molecule has 2 aromatic heterocycles. The highest BCUT2D eigenvalue weighted by molar-refractivity contribution is 7.12. The zero-order chi connectivity index (χ0) is 12.3. The molecule has 2 aromatic rings. The maximum absolute atomic E-state index is 3.59. The van der Waals surface area contributed by atoms with E-state index in [-0.39, 0.29) is 0 Å². The molecule has 0 radical (unpaired) electrons. The molecule has 0 fully saturated rings. The van der Waals surface area contributed by atoms with Crippen molar-refractivity contribution < 1.29 is 0 Å². The van der Waals surface area contributed by atoms with E-state index >= 15 is 0 Å². The van der Waals surface area contributed by atoms with E-state index in [4.69, 9.17) is 0 Å². The summed E-state index contributed by atoms with van der Waals surface area (Å²) in [5.74, 6) is 0. The third kappa shape index (κ3) is 3.95. The van der Waals surface area contributed by atoms with Gasteiger partial charge in [-0.25, -0.2) is 0 Å². The first-order valence-electron chi connectivity index (χ1n) is 5.97. The van der Waals surface area contributed by atoms with Gasteiger partial charge in [-0.1, -0.05) is 0 Å². The van der Waals surface area contributed by atoms with E-state index in [2.05, 4.69) is 50.4 Å². The average Bonchev–Trinajstić information content (AvgIpc) is 2.85. The van der Waals surface area contributed by atoms with Crippen LogP contribution in [0.5, 0.6) is 0 Å². The molecule has 2 rings (SSSR count). The van der Waals surface area contributed by atoms with Gasteiger partial charge in [0.25, 0.3) is 0 Å². The number of rotatable bonds is 5. The predicted octanol–water partition coefficient (Wildman–Crippen LogP) is 4.15. The van der Waals surface area contributed by atoms with E-state index in [9.17, 15) is 0 Å². The van der Waals surface area contributed by atoms with E-state index in [1.807, 2.05) is 22.7 Å². The van der Waals surface area contributed by atoms with Gasteiger partial charge in [0.2, 0.25) is 0 Å². The van der Waals surface area contributed by atoms with Crippen molar-refractivity contribution in [2.45, 2.75) is 39.8 Å². The van der Waals surface area contributed by atoms with Crippen molar-refractivity contribution in [3.05, 3.63) is 43.8 Å². The number of thiophene rings is 2. The SMILES string of the molecule is Cc1ccc(CNC(C)Cc2ccc(C)s2)s1. The van der Waals surface area contributed by atoms with Crippen LogP contribution in [0.1, 0.15) is 26.4 Å². The van der Waals surface area contributed by atoms with Crippen molar-refractivity contribution in [3.63, 3.8) is 0 Å². The summed E-state index contributed by atoms with van der Waals surface area (Å²) in [5.41, 5.74) is 0. The summed E-state index contributed by atoms with van der Waals surface area (Å²) < 4.78 is 0. The number of nitrogens with one attached hydrogen (secondary N) is 1. The molecule has 0 aliphatic carbocycles. The highest BCUT2D eigenvalue weighted by Crippen LogP contribution is 2.18. The van der Waals surface area contributed by atoms with Crippen LogP contribution in [0.4, 0.5) is 0 Å². The Morgan fingerprint density at radius 2 is 1.59 bits per heavy atom. The molecule has 1 N–H and O–H groups in total. The van der Waals surface area contributed by atoms with E-state index in [0.717, 1.165) is 13.0 Å². The molecule has 17 heavy (non-hydrogen) atoms. The van der Waals surface area contributed by atoms with Gasteiger partial charge >= 0.3 is 0 Å². The molecule has 2 heterocycles. The minimum atomic E-state index is 0.537. The van der Waals surface area contributed by atoms with Gasteiger partial charge in [0, 0.05) is 32.1 Å². The largest absolute Gasteiger partial charge is 0.309 e. The quantitative estimate of drug-likeness (QED) is 0.856. The van der Waals surface area contributed by atoms with Crippen LogP contribution in [0, 0.1) is 13.8 Å². The molecule has 3 heteroatoms. The summed E-state index contributed by atoms with van der Waals surface area (Å²) >= 11 is 3.78. The third-order valence-corrected chi connectivity index (χ3v) is 4.75. The van der Waals surface area contributed by atoms with Crippen molar-refractivity contribution in [2.75, 3.05) is 0 Å². The Morgan fingerprint density at radius 1 is 1.00 bits per heavy atom. The Morgan fingerprint density at radius 3 is 2.12 bits per heavy atom. The van der Waals surface area contributed by atoms with Gasteiger partial charge in [-0.2, -0.15) is 0 Å². The Kier molecular flexibility index (Phi) is 4.37. The predicted molar refractivity (Wildman–Crippen MR) is 78.1 cm³/mol. The second-order valence-corrected chi connectivity index (χ2v) is 7.26. The molecule has 1 nitrogen and oxygen atoms in total. The summed E-state index contributed by atoms with van der Waals surface area (Å²) in [6.07, 6.45) is 1.13. The van der Waals surface area contributed by atoms with Gasteiger partial charge in [-0.15, -0.1) is 22.7 Å². The lowest BCUT2D eigenvalue weighted by molar-refractivity contribution is 0.552.